The molecule has 0 radical (unpaired) electrons. The van der Waals surface area contributed by atoms with Crippen molar-refractivity contribution in [2.45, 2.75) is 33.6 Å². The molecule has 0 fully saturated rings. The highest BCUT2D eigenvalue weighted by molar-refractivity contribution is 5.89. The van der Waals surface area contributed by atoms with Gasteiger partial charge in [0.15, 0.2) is 5.43 Å². The van der Waals surface area contributed by atoms with E-state index in [1.54, 1.807) is 6.92 Å². The fraction of sp³-hybridized carbons (Fsp3) is 0.375. The molecule has 106 valence electrons. The number of fused-ring (bicyclic) bond motifs is 1. The number of hydrogen-bond donors (Lipinski definition) is 0. The van der Waals surface area contributed by atoms with Crippen molar-refractivity contribution in [3.05, 3.63) is 45.3 Å². The highest BCUT2D eigenvalue weighted by Gasteiger charge is 2.15. The molecule has 0 aliphatic carbocycles. The highest BCUT2D eigenvalue weighted by Crippen LogP contribution is 2.21. The van der Waals surface area contributed by atoms with Crippen LogP contribution in [-0.4, -0.2) is 12.6 Å². The lowest BCUT2D eigenvalue weighted by molar-refractivity contribution is 0.0490. The minimum Gasteiger partial charge on any atom is -0.460 e. The average Bonchev–Trinajstić information content (AvgIpc) is 2.46. The number of benzene rings is 1. The third-order valence-corrected chi connectivity index (χ3v) is 3.23. The van der Waals surface area contributed by atoms with Gasteiger partial charge >= 0.3 is 5.97 Å². The first-order valence-electron chi connectivity index (χ1n) is 6.87. The molecule has 2 aromatic rings. The summed E-state index contributed by atoms with van der Waals surface area (Å²) < 4.78 is 10.5. The number of esters is 1. The second kappa shape index (κ2) is 5.90. The maximum atomic E-state index is 12.2. The van der Waals surface area contributed by atoms with Crippen LogP contribution in [0.15, 0.2) is 27.4 Å². The number of carbonyl (C=O) groups excluding carboxylic acids is 1. The van der Waals surface area contributed by atoms with Crippen LogP contribution in [0.2, 0.25) is 0 Å². The molecule has 1 aromatic heterocycles. The van der Waals surface area contributed by atoms with E-state index in [9.17, 15) is 9.59 Å². The molecule has 0 aliphatic rings. The largest absolute Gasteiger partial charge is 0.460 e. The topological polar surface area (TPSA) is 56.5 Å². The molecule has 20 heavy (non-hydrogen) atoms. The normalized spacial score (nSPS) is 10.8. The first-order valence-corrected chi connectivity index (χ1v) is 6.87. The number of aryl methyl sites for hydroxylation is 2. The van der Waals surface area contributed by atoms with E-state index in [-0.39, 0.29) is 17.8 Å². The van der Waals surface area contributed by atoms with E-state index in [0.29, 0.717) is 11.0 Å². The minimum atomic E-state index is -0.604. The van der Waals surface area contributed by atoms with Gasteiger partial charge in [-0.15, -0.1) is 0 Å². The lowest BCUT2D eigenvalue weighted by atomic mass is 10.0. The first kappa shape index (κ1) is 14.3. The monoisotopic (exact) mass is 274 g/mol. The van der Waals surface area contributed by atoms with Crippen LogP contribution in [0.25, 0.3) is 11.0 Å². The molecule has 0 saturated carbocycles. The molecule has 0 atom stereocenters. The fourth-order valence-corrected chi connectivity index (χ4v) is 2.16. The smallest absolute Gasteiger partial charge is 0.374 e. The van der Waals surface area contributed by atoms with Gasteiger partial charge in [-0.2, -0.15) is 0 Å². The molecule has 0 saturated heterocycles. The van der Waals surface area contributed by atoms with Crippen LogP contribution < -0.4 is 5.43 Å². The predicted molar refractivity (Wildman–Crippen MR) is 77.2 cm³/mol. The van der Waals surface area contributed by atoms with E-state index in [1.165, 1.54) is 6.07 Å². The molecule has 1 heterocycles. The van der Waals surface area contributed by atoms with Crippen molar-refractivity contribution in [3.8, 4) is 0 Å². The molecule has 4 nitrogen and oxygen atoms in total. The van der Waals surface area contributed by atoms with Crippen LogP contribution in [0.5, 0.6) is 0 Å². The second-order valence-corrected chi connectivity index (χ2v) is 4.53. The molecule has 0 unspecified atom stereocenters. The Morgan fingerprint density at radius 2 is 1.90 bits per heavy atom. The van der Waals surface area contributed by atoms with Crippen molar-refractivity contribution in [2.75, 3.05) is 6.61 Å². The highest BCUT2D eigenvalue weighted by atomic mass is 16.5. The van der Waals surface area contributed by atoms with Gasteiger partial charge in [0.2, 0.25) is 5.76 Å². The van der Waals surface area contributed by atoms with Gasteiger partial charge in [0.25, 0.3) is 0 Å². The molecular weight excluding hydrogens is 256 g/mol. The lowest BCUT2D eigenvalue weighted by Crippen LogP contribution is -2.11. The van der Waals surface area contributed by atoms with Crippen LogP contribution in [0.1, 0.15) is 42.5 Å². The van der Waals surface area contributed by atoms with Gasteiger partial charge in [-0.25, -0.2) is 4.79 Å². The Bertz CT molecular complexity index is 697. The van der Waals surface area contributed by atoms with Crippen LogP contribution >= 0.6 is 0 Å². The van der Waals surface area contributed by atoms with Gasteiger partial charge in [-0.05, 0) is 37.0 Å². The van der Waals surface area contributed by atoms with Gasteiger partial charge in [0.05, 0.1) is 12.0 Å². The summed E-state index contributed by atoms with van der Waals surface area (Å²) in [6.07, 6.45) is 1.58. The third kappa shape index (κ3) is 2.59. The van der Waals surface area contributed by atoms with Crippen molar-refractivity contribution in [1.29, 1.82) is 0 Å². The zero-order valence-corrected chi connectivity index (χ0v) is 12.0. The minimum absolute atomic E-state index is 0.0386. The average molecular weight is 274 g/mol. The third-order valence-electron chi connectivity index (χ3n) is 3.23. The zero-order valence-electron chi connectivity index (χ0n) is 12.0. The van der Waals surface area contributed by atoms with Gasteiger partial charge in [-0.1, -0.05) is 19.9 Å². The van der Waals surface area contributed by atoms with Crippen LogP contribution in [0.3, 0.4) is 0 Å². The van der Waals surface area contributed by atoms with E-state index < -0.39 is 5.97 Å². The number of rotatable bonds is 4. The summed E-state index contributed by atoms with van der Waals surface area (Å²) >= 11 is 0. The Morgan fingerprint density at radius 1 is 1.15 bits per heavy atom. The molecule has 0 bridgehead atoms. The van der Waals surface area contributed by atoms with Gasteiger partial charge in [-0.3, -0.25) is 4.79 Å². The summed E-state index contributed by atoms with van der Waals surface area (Å²) in [6.45, 7) is 5.98. The summed E-state index contributed by atoms with van der Waals surface area (Å²) in [7, 11) is 0. The van der Waals surface area contributed by atoms with Crippen molar-refractivity contribution < 1.29 is 13.9 Å². The molecule has 2 rings (SSSR count). The van der Waals surface area contributed by atoms with Gasteiger partial charge < -0.3 is 9.15 Å². The zero-order chi connectivity index (χ0) is 14.7. The molecule has 0 amide bonds. The molecule has 0 spiro atoms. The van der Waals surface area contributed by atoms with Crippen molar-refractivity contribution in [3.63, 3.8) is 0 Å². The Labute approximate surface area is 117 Å². The van der Waals surface area contributed by atoms with Gasteiger partial charge in [0.1, 0.15) is 5.58 Å². The fourth-order valence-electron chi connectivity index (χ4n) is 2.16. The maximum Gasteiger partial charge on any atom is 0.374 e. The maximum absolute atomic E-state index is 12.2. The van der Waals surface area contributed by atoms with E-state index >= 15 is 0 Å². The summed E-state index contributed by atoms with van der Waals surface area (Å²) in [5.41, 5.74) is 2.30. The van der Waals surface area contributed by atoms with Crippen molar-refractivity contribution in [2.24, 2.45) is 0 Å². The molecule has 4 heteroatoms. The van der Waals surface area contributed by atoms with Crippen molar-refractivity contribution in [1.82, 2.24) is 0 Å². The second-order valence-electron chi connectivity index (χ2n) is 4.53. The van der Waals surface area contributed by atoms with Crippen LogP contribution in [0, 0.1) is 0 Å². The number of ether oxygens (including phenoxy) is 1. The molecule has 0 aliphatic heterocycles. The van der Waals surface area contributed by atoms with Crippen molar-refractivity contribution >= 4 is 16.9 Å². The number of carbonyl (C=O) groups is 1. The van der Waals surface area contributed by atoms with E-state index in [4.69, 9.17) is 9.15 Å². The summed E-state index contributed by atoms with van der Waals surface area (Å²) in [5, 5.41) is 0.522. The summed E-state index contributed by atoms with van der Waals surface area (Å²) in [6, 6.07) is 5.05. The standard InChI is InChI=1S/C16H18O4/c1-4-10-7-11(5-2)15-12(8-10)13(17)9-14(20-15)16(18)19-6-3/h7-9H,4-6H2,1-3H3. The summed E-state index contributed by atoms with van der Waals surface area (Å²) in [4.78, 5) is 23.9. The summed E-state index contributed by atoms with van der Waals surface area (Å²) in [5.74, 6) is -0.642. The Balaban J connectivity index is 2.70. The van der Waals surface area contributed by atoms with E-state index in [0.717, 1.165) is 24.0 Å². The van der Waals surface area contributed by atoms with E-state index in [1.807, 2.05) is 26.0 Å². The quantitative estimate of drug-likeness (QED) is 0.804. The Kier molecular flexibility index (Phi) is 4.23. The van der Waals surface area contributed by atoms with Gasteiger partial charge in [0, 0.05) is 6.07 Å². The SMILES string of the molecule is CCOC(=O)c1cc(=O)c2cc(CC)cc(CC)c2o1. The number of hydrogen-bond acceptors (Lipinski definition) is 4. The Morgan fingerprint density at radius 3 is 2.50 bits per heavy atom. The molecule has 1 aromatic carbocycles. The van der Waals surface area contributed by atoms with E-state index in [2.05, 4.69) is 0 Å². The molecular formula is C16H18O4. The lowest BCUT2D eigenvalue weighted by Gasteiger charge is -2.08. The van der Waals surface area contributed by atoms with Crippen LogP contribution in [-0.2, 0) is 17.6 Å². The molecule has 0 N–H and O–H groups in total. The van der Waals surface area contributed by atoms with Crippen LogP contribution in [0.4, 0.5) is 0 Å². The Hall–Kier alpha value is -2.10. The first-order chi connectivity index (χ1) is 9.60. The predicted octanol–water partition coefficient (Wildman–Crippen LogP) is 3.09.